The van der Waals surface area contributed by atoms with Gasteiger partial charge in [-0.3, -0.25) is 28.8 Å². The third-order valence-electron chi connectivity index (χ3n) is 7.32. The lowest BCUT2D eigenvalue weighted by Crippen LogP contribution is -2.57. The largest absolute Gasteiger partial charge is 0.344 e. The summed E-state index contributed by atoms with van der Waals surface area (Å²) in [6.45, 7) is 7.53. The monoisotopic (exact) mass is 556 g/mol. The molecule has 0 saturated carbocycles. The van der Waals surface area contributed by atoms with E-state index in [0.29, 0.717) is 38.0 Å². The summed E-state index contributed by atoms with van der Waals surface area (Å²) in [7, 11) is 1.96. The van der Waals surface area contributed by atoms with Gasteiger partial charge in [-0.2, -0.15) is 0 Å². The zero-order valence-corrected chi connectivity index (χ0v) is 23.6. The molecule has 218 valence electrons. The molecule has 12 heteroatoms. The minimum absolute atomic E-state index is 0.252. The quantitative estimate of drug-likeness (QED) is 0.326. The fourth-order valence-electron chi connectivity index (χ4n) is 4.77. The fraction of sp³-hybridized carbons (Fsp3) is 0.571. The number of likely N-dealkylation sites (tertiary alicyclic amines) is 1. The second kappa shape index (κ2) is 14.0. The third kappa shape index (κ3) is 7.87. The van der Waals surface area contributed by atoms with Crippen molar-refractivity contribution in [2.45, 2.75) is 51.7 Å². The van der Waals surface area contributed by atoms with Crippen LogP contribution in [0.25, 0.3) is 0 Å². The number of rotatable bonds is 10. The predicted octanol–water partition coefficient (Wildman–Crippen LogP) is -0.604. The van der Waals surface area contributed by atoms with Gasteiger partial charge in [-0.05, 0) is 44.9 Å². The average Bonchev–Trinajstić information content (AvgIpc) is 3.44. The standard InChI is InChI=1S/C28H40N6O6/c1-18(2)23(24(36)27(39)29-17-22(35)33-15-13-32(4)14-16-33)31-25(37)19(3)30-26(38)21-11-8-12-34(21)28(40)20-9-6-5-7-10-20/h5-7,9-10,18-19,21,23H,8,11-17H2,1-4H3,(H,29,39)(H,30,38)(H,31,37). The number of benzene rings is 1. The summed E-state index contributed by atoms with van der Waals surface area (Å²) in [5, 5.41) is 7.58. The summed E-state index contributed by atoms with van der Waals surface area (Å²) in [4.78, 5) is 81.9. The number of carbonyl (C=O) groups is 6. The highest BCUT2D eigenvalue weighted by Gasteiger charge is 2.36. The van der Waals surface area contributed by atoms with Crippen molar-refractivity contribution < 1.29 is 28.8 Å². The van der Waals surface area contributed by atoms with Gasteiger partial charge in [-0.15, -0.1) is 0 Å². The van der Waals surface area contributed by atoms with E-state index >= 15 is 0 Å². The molecule has 2 fully saturated rings. The topological polar surface area (TPSA) is 148 Å². The number of carbonyl (C=O) groups excluding carboxylic acids is 6. The highest BCUT2D eigenvalue weighted by Crippen LogP contribution is 2.20. The predicted molar refractivity (Wildman–Crippen MR) is 147 cm³/mol. The number of hydrogen-bond acceptors (Lipinski definition) is 7. The van der Waals surface area contributed by atoms with E-state index < -0.39 is 47.5 Å². The van der Waals surface area contributed by atoms with E-state index in [4.69, 9.17) is 0 Å². The van der Waals surface area contributed by atoms with Crippen LogP contribution in [0.2, 0.25) is 0 Å². The zero-order valence-electron chi connectivity index (χ0n) is 23.6. The molecule has 0 spiro atoms. The van der Waals surface area contributed by atoms with Crippen LogP contribution in [0.15, 0.2) is 30.3 Å². The van der Waals surface area contributed by atoms with Crippen molar-refractivity contribution in [2.24, 2.45) is 5.92 Å². The average molecular weight is 557 g/mol. The minimum Gasteiger partial charge on any atom is -0.344 e. The Bertz CT molecular complexity index is 1100. The van der Waals surface area contributed by atoms with Gasteiger partial charge >= 0.3 is 0 Å². The highest BCUT2D eigenvalue weighted by atomic mass is 16.2. The van der Waals surface area contributed by atoms with Crippen molar-refractivity contribution in [3.05, 3.63) is 35.9 Å². The van der Waals surface area contributed by atoms with Crippen molar-refractivity contribution in [1.82, 2.24) is 30.7 Å². The first-order valence-corrected chi connectivity index (χ1v) is 13.7. The summed E-state index contributed by atoms with van der Waals surface area (Å²) in [5.74, 6) is -3.88. The Hall–Kier alpha value is -3.80. The molecular weight excluding hydrogens is 516 g/mol. The molecule has 3 N–H and O–H groups in total. The zero-order chi connectivity index (χ0) is 29.4. The Kier molecular flexibility index (Phi) is 10.8. The number of amides is 5. The Morgan fingerprint density at radius 1 is 0.900 bits per heavy atom. The van der Waals surface area contributed by atoms with Crippen LogP contribution in [-0.4, -0.2) is 114 Å². The Balaban J connectivity index is 1.52. The first-order valence-electron chi connectivity index (χ1n) is 13.7. The number of likely N-dealkylation sites (N-methyl/N-ethyl adjacent to an activating group) is 1. The van der Waals surface area contributed by atoms with Crippen LogP contribution in [0.5, 0.6) is 0 Å². The van der Waals surface area contributed by atoms with Gasteiger partial charge in [0, 0.05) is 38.3 Å². The van der Waals surface area contributed by atoms with Crippen molar-refractivity contribution in [3.8, 4) is 0 Å². The van der Waals surface area contributed by atoms with E-state index in [1.807, 2.05) is 7.05 Å². The van der Waals surface area contributed by atoms with Crippen LogP contribution >= 0.6 is 0 Å². The molecule has 0 aromatic heterocycles. The molecule has 3 unspecified atom stereocenters. The van der Waals surface area contributed by atoms with Crippen LogP contribution in [0.1, 0.15) is 44.0 Å². The second-order valence-corrected chi connectivity index (χ2v) is 10.7. The number of Topliss-reactive ketones (excluding diaryl/α,β-unsaturated/α-hetero) is 1. The molecule has 2 aliphatic rings. The SMILES string of the molecule is CC(NC(=O)C1CCCN1C(=O)c1ccccc1)C(=O)NC(C(=O)C(=O)NCC(=O)N1CCN(C)CC1)C(C)C. The molecule has 0 radical (unpaired) electrons. The van der Waals surface area contributed by atoms with Gasteiger partial charge in [0.15, 0.2) is 0 Å². The molecule has 0 aliphatic carbocycles. The van der Waals surface area contributed by atoms with Crippen LogP contribution < -0.4 is 16.0 Å². The Labute approximate surface area is 234 Å². The van der Waals surface area contributed by atoms with E-state index in [-0.39, 0.29) is 18.4 Å². The van der Waals surface area contributed by atoms with Crippen LogP contribution in [-0.2, 0) is 24.0 Å². The van der Waals surface area contributed by atoms with Crippen molar-refractivity contribution in [2.75, 3.05) is 46.3 Å². The van der Waals surface area contributed by atoms with Gasteiger partial charge in [0.25, 0.3) is 11.8 Å². The van der Waals surface area contributed by atoms with Gasteiger partial charge < -0.3 is 30.7 Å². The van der Waals surface area contributed by atoms with Crippen LogP contribution in [0.4, 0.5) is 0 Å². The van der Waals surface area contributed by atoms with Crippen LogP contribution in [0, 0.1) is 5.92 Å². The van der Waals surface area contributed by atoms with Crippen molar-refractivity contribution in [1.29, 1.82) is 0 Å². The molecule has 2 heterocycles. The first-order chi connectivity index (χ1) is 19.0. The maximum absolute atomic E-state index is 13.0. The van der Waals surface area contributed by atoms with Crippen molar-refractivity contribution in [3.63, 3.8) is 0 Å². The van der Waals surface area contributed by atoms with E-state index in [2.05, 4.69) is 20.9 Å². The lowest BCUT2D eigenvalue weighted by atomic mass is 9.98. The Morgan fingerprint density at radius 3 is 2.17 bits per heavy atom. The van der Waals surface area contributed by atoms with Crippen molar-refractivity contribution >= 4 is 35.3 Å². The molecule has 5 amide bonds. The number of ketones is 1. The smallest absolute Gasteiger partial charge is 0.290 e. The van der Waals surface area contributed by atoms with Gasteiger partial charge in [0.2, 0.25) is 23.5 Å². The highest BCUT2D eigenvalue weighted by molar-refractivity contribution is 6.38. The molecule has 1 aromatic rings. The van der Waals surface area contributed by atoms with Gasteiger partial charge in [0.05, 0.1) is 12.6 Å². The third-order valence-corrected chi connectivity index (χ3v) is 7.32. The molecule has 3 rings (SSSR count). The molecule has 12 nitrogen and oxygen atoms in total. The molecular formula is C28H40N6O6. The molecule has 2 saturated heterocycles. The number of nitrogens with zero attached hydrogens (tertiary/aromatic N) is 3. The number of piperazine rings is 1. The van der Waals surface area contributed by atoms with Gasteiger partial charge in [-0.25, -0.2) is 0 Å². The van der Waals surface area contributed by atoms with Gasteiger partial charge in [-0.1, -0.05) is 32.0 Å². The number of nitrogens with one attached hydrogen (secondary N) is 3. The van der Waals surface area contributed by atoms with Crippen LogP contribution in [0.3, 0.4) is 0 Å². The maximum Gasteiger partial charge on any atom is 0.290 e. The molecule has 0 bridgehead atoms. The number of hydrogen-bond donors (Lipinski definition) is 3. The summed E-state index contributed by atoms with van der Waals surface area (Å²) in [6.07, 6.45) is 1.13. The fourth-order valence-corrected chi connectivity index (χ4v) is 4.77. The van der Waals surface area contributed by atoms with E-state index in [1.165, 1.54) is 11.8 Å². The summed E-state index contributed by atoms with van der Waals surface area (Å²) >= 11 is 0. The summed E-state index contributed by atoms with van der Waals surface area (Å²) in [5.41, 5.74) is 0.481. The first kappa shape index (κ1) is 30.7. The van der Waals surface area contributed by atoms with E-state index in [1.54, 1.807) is 49.1 Å². The Morgan fingerprint density at radius 2 is 1.55 bits per heavy atom. The molecule has 2 aliphatic heterocycles. The molecule has 1 aromatic carbocycles. The summed E-state index contributed by atoms with van der Waals surface area (Å²) in [6, 6.07) is 5.81. The van der Waals surface area contributed by atoms with Gasteiger partial charge in [0.1, 0.15) is 12.1 Å². The van der Waals surface area contributed by atoms with E-state index in [9.17, 15) is 28.8 Å². The van der Waals surface area contributed by atoms with E-state index in [0.717, 1.165) is 13.1 Å². The second-order valence-electron chi connectivity index (χ2n) is 10.7. The maximum atomic E-state index is 13.0. The normalized spacial score (nSPS) is 19.1. The summed E-state index contributed by atoms with van der Waals surface area (Å²) < 4.78 is 0. The molecule has 40 heavy (non-hydrogen) atoms. The molecule has 3 atom stereocenters. The minimum atomic E-state index is -1.15. The lowest BCUT2D eigenvalue weighted by Gasteiger charge is -2.32. The lowest BCUT2D eigenvalue weighted by molar-refractivity contribution is -0.142.